The zero-order valence-corrected chi connectivity index (χ0v) is 16.1. The van der Waals surface area contributed by atoms with E-state index in [0.29, 0.717) is 23.2 Å². The van der Waals surface area contributed by atoms with Crippen molar-refractivity contribution in [2.75, 3.05) is 25.4 Å². The van der Waals surface area contributed by atoms with Crippen LogP contribution in [0.1, 0.15) is 48.2 Å². The molecule has 0 saturated carbocycles. The summed E-state index contributed by atoms with van der Waals surface area (Å²) < 4.78 is 5.09. The highest BCUT2D eigenvalue weighted by molar-refractivity contribution is 6.01. The number of hydrogen-bond acceptors (Lipinski definition) is 5. The molecule has 27 heavy (non-hydrogen) atoms. The number of unbranched alkanes of at least 4 members (excludes halogenated alkanes) is 1. The van der Waals surface area contributed by atoms with Crippen LogP contribution in [-0.4, -0.2) is 41.6 Å². The molecule has 6 nitrogen and oxygen atoms in total. The predicted molar refractivity (Wildman–Crippen MR) is 109 cm³/mol. The molecule has 0 saturated heterocycles. The lowest BCUT2D eigenvalue weighted by Crippen LogP contribution is -2.35. The van der Waals surface area contributed by atoms with Gasteiger partial charge in [-0.3, -0.25) is 4.79 Å². The lowest BCUT2D eigenvalue weighted by atomic mass is 9.99. The fourth-order valence-corrected chi connectivity index (χ4v) is 2.50. The molecule has 0 aliphatic carbocycles. The number of aromatic hydroxyl groups is 1. The van der Waals surface area contributed by atoms with Gasteiger partial charge in [0.1, 0.15) is 6.61 Å². The topological polar surface area (TPSA) is 92.9 Å². The molecule has 0 unspecified atom stereocenters. The summed E-state index contributed by atoms with van der Waals surface area (Å²) in [4.78, 5) is 26.1. The number of ether oxygens (including phenoxy) is 1. The molecule has 0 bridgehead atoms. The molecule has 0 spiro atoms. The van der Waals surface area contributed by atoms with Crippen LogP contribution in [0.2, 0.25) is 0 Å². The predicted octanol–water partition coefficient (Wildman–Crippen LogP) is 3.62. The molecule has 0 aliphatic heterocycles. The molecule has 1 aromatic carbocycles. The van der Waals surface area contributed by atoms with E-state index in [1.165, 1.54) is 17.0 Å². The number of nitrogens with two attached hydrogens (primary N) is 1. The first-order valence-corrected chi connectivity index (χ1v) is 8.80. The maximum atomic E-state index is 13.0. The molecule has 6 heteroatoms. The van der Waals surface area contributed by atoms with Gasteiger partial charge in [-0.1, -0.05) is 45.2 Å². The molecule has 1 rings (SSSR count). The van der Waals surface area contributed by atoms with E-state index in [1.54, 1.807) is 13.0 Å². The molecular formula is C21H28N2O4. The van der Waals surface area contributed by atoms with Gasteiger partial charge in [-0.05, 0) is 25.0 Å². The number of amides is 1. The molecular weight excluding hydrogens is 344 g/mol. The first-order valence-electron chi connectivity index (χ1n) is 8.80. The first-order chi connectivity index (χ1) is 12.8. The quantitative estimate of drug-likeness (QED) is 0.283. The Hall–Kier alpha value is -3.02. The minimum absolute atomic E-state index is 0.0381. The van der Waals surface area contributed by atoms with Crippen LogP contribution < -0.4 is 5.73 Å². The number of nitrogens with zero attached hydrogens (tertiary/aromatic N) is 1. The standard InChI is InChI=1S/C21H28N2O4/c1-6-9-10-23(11-12-27-21(26)14(4)5)20(25)17-13-15(7-2)16(8-3)18(22)19(17)24/h7-8,13,24H,2-4,6,9-12,22H2,1,5H3. The minimum atomic E-state index is -0.505. The van der Waals surface area contributed by atoms with Crippen LogP contribution >= 0.6 is 0 Å². The molecule has 0 heterocycles. The molecule has 0 fully saturated rings. The van der Waals surface area contributed by atoms with Gasteiger partial charge < -0.3 is 20.5 Å². The van der Waals surface area contributed by atoms with Gasteiger partial charge in [0.2, 0.25) is 0 Å². The van der Waals surface area contributed by atoms with Gasteiger partial charge in [0.25, 0.3) is 5.91 Å². The van der Waals surface area contributed by atoms with Crippen LogP contribution in [0, 0.1) is 0 Å². The Kier molecular flexibility index (Phi) is 8.33. The Morgan fingerprint density at radius 2 is 1.96 bits per heavy atom. The normalized spacial score (nSPS) is 10.1. The van der Waals surface area contributed by atoms with Gasteiger partial charge >= 0.3 is 5.97 Å². The molecule has 3 N–H and O–H groups in total. The average Bonchev–Trinajstić information content (AvgIpc) is 2.65. The van der Waals surface area contributed by atoms with Gasteiger partial charge in [0.05, 0.1) is 17.8 Å². The van der Waals surface area contributed by atoms with Crippen LogP contribution in [0.4, 0.5) is 5.69 Å². The zero-order valence-electron chi connectivity index (χ0n) is 16.1. The number of hydrogen-bond donors (Lipinski definition) is 2. The third kappa shape index (κ3) is 5.48. The molecule has 1 aromatic rings. The van der Waals surface area contributed by atoms with Crippen molar-refractivity contribution in [2.24, 2.45) is 0 Å². The summed E-state index contributed by atoms with van der Waals surface area (Å²) in [5.41, 5.74) is 7.54. The molecule has 0 aromatic heterocycles. The smallest absolute Gasteiger partial charge is 0.333 e. The lowest BCUT2D eigenvalue weighted by molar-refractivity contribution is -0.139. The van der Waals surface area contributed by atoms with Gasteiger partial charge in [-0.15, -0.1) is 0 Å². The van der Waals surface area contributed by atoms with Crippen molar-refractivity contribution in [3.05, 3.63) is 48.1 Å². The van der Waals surface area contributed by atoms with E-state index in [-0.39, 0.29) is 30.2 Å². The van der Waals surface area contributed by atoms with E-state index in [2.05, 4.69) is 19.7 Å². The fraction of sp³-hybridized carbons (Fsp3) is 0.333. The lowest BCUT2D eigenvalue weighted by Gasteiger charge is -2.24. The maximum absolute atomic E-state index is 13.0. The number of carbonyl (C=O) groups excluding carboxylic acids is 2. The second-order valence-electron chi connectivity index (χ2n) is 6.16. The van der Waals surface area contributed by atoms with Crippen molar-refractivity contribution in [1.29, 1.82) is 0 Å². The molecule has 146 valence electrons. The first kappa shape index (κ1) is 22.0. The van der Waals surface area contributed by atoms with E-state index < -0.39 is 11.9 Å². The van der Waals surface area contributed by atoms with Gasteiger partial charge in [0.15, 0.2) is 5.75 Å². The third-order valence-corrected chi connectivity index (χ3v) is 4.08. The number of esters is 1. The van der Waals surface area contributed by atoms with Crippen molar-refractivity contribution in [2.45, 2.75) is 26.7 Å². The van der Waals surface area contributed by atoms with Crippen LogP contribution in [-0.2, 0) is 9.53 Å². The largest absolute Gasteiger partial charge is 0.505 e. The number of rotatable bonds is 10. The Labute approximate surface area is 160 Å². The SMILES string of the molecule is C=Cc1cc(C(=O)N(CCCC)CCOC(=O)C(=C)C)c(O)c(N)c1C=C. The number of nitrogen functional groups attached to an aromatic ring is 1. The summed E-state index contributed by atoms with van der Waals surface area (Å²) >= 11 is 0. The number of benzene rings is 1. The fourth-order valence-electron chi connectivity index (χ4n) is 2.50. The second-order valence-corrected chi connectivity index (χ2v) is 6.16. The number of phenolic OH excluding ortho intramolecular Hbond substituents is 1. The molecule has 0 radical (unpaired) electrons. The summed E-state index contributed by atoms with van der Waals surface area (Å²) in [5, 5.41) is 10.4. The van der Waals surface area contributed by atoms with E-state index in [4.69, 9.17) is 10.5 Å². The number of phenols is 1. The number of anilines is 1. The Morgan fingerprint density at radius 1 is 1.30 bits per heavy atom. The van der Waals surface area contributed by atoms with E-state index in [9.17, 15) is 14.7 Å². The Morgan fingerprint density at radius 3 is 2.48 bits per heavy atom. The van der Waals surface area contributed by atoms with Crippen LogP contribution in [0.3, 0.4) is 0 Å². The summed E-state index contributed by atoms with van der Waals surface area (Å²) in [6.07, 6.45) is 4.72. The molecule has 0 atom stereocenters. The Bertz CT molecular complexity index is 753. The van der Waals surface area contributed by atoms with E-state index >= 15 is 0 Å². The Balaban J connectivity index is 3.12. The highest BCUT2D eigenvalue weighted by Gasteiger charge is 2.23. The summed E-state index contributed by atoms with van der Waals surface area (Å²) in [6, 6.07) is 1.54. The highest BCUT2D eigenvalue weighted by Crippen LogP contribution is 2.34. The third-order valence-electron chi connectivity index (χ3n) is 4.08. The average molecular weight is 372 g/mol. The van der Waals surface area contributed by atoms with Crippen LogP contribution in [0.15, 0.2) is 31.4 Å². The summed E-state index contributed by atoms with van der Waals surface area (Å²) in [5.74, 6) is -1.19. The van der Waals surface area contributed by atoms with Gasteiger partial charge in [0, 0.05) is 17.7 Å². The second kappa shape index (κ2) is 10.2. The van der Waals surface area contributed by atoms with Gasteiger partial charge in [-0.2, -0.15) is 0 Å². The molecule has 1 amide bonds. The van der Waals surface area contributed by atoms with Crippen molar-refractivity contribution in [3.63, 3.8) is 0 Å². The molecule has 0 aliphatic rings. The van der Waals surface area contributed by atoms with Gasteiger partial charge in [-0.25, -0.2) is 4.79 Å². The van der Waals surface area contributed by atoms with E-state index in [1.807, 2.05) is 6.92 Å². The maximum Gasteiger partial charge on any atom is 0.333 e. The highest BCUT2D eigenvalue weighted by atomic mass is 16.5. The van der Waals surface area contributed by atoms with Crippen LogP contribution in [0.5, 0.6) is 5.75 Å². The van der Waals surface area contributed by atoms with Crippen LogP contribution in [0.25, 0.3) is 12.2 Å². The summed E-state index contributed by atoms with van der Waals surface area (Å²) in [6.45, 7) is 15.2. The van der Waals surface area contributed by atoms with Crippen molar-refractivity contribution in [3.8, 4) is 5.75 Å². The number of carbonyl (C=O) groups is 2. The van der Waals surface area contributed by atoms with E-state index in [0.717, 1.165) is 12.8 Å². The summed E-state index contributed by atoms with van der Waals surface area (Å²) in [7, 11) is 0. The van der Waals surface area contributed by atoms with Crippen molar-refractivity contribution in [1.82, 2.24) is 4.90 Å². The minimum Gasteiger partial charge on any atom is -0.505 e. The van der Waals surface area contributed by atoms with Crippen molar-refractivity contribution >= 4 is 29.7 Å². The zero-order chi connectivity index (χ0) is 20.6. The van der Waals surface area contributed by atoms with Crippen molar-refractivity contribution < 1.29 is 19.4 Å². The monoisotopic (exact) mass is 372 g/mol.